The fourth-order valence-electron chi connectivity index (χ4n) is 4.94. The number of rotatable bonds is 6. The minimum absolute atomic E-state index is 0.238. The smallest absolute Gasteiger partial charge is 0.223 e. The van der Waals surface area contributed by atoms with E-state index in [0.29, 0.717) is 30.0 Å². The second-order valence-electron chi connectivity index (χ2n) is 9.71. The van der Waals surface area contributed by atoms with Crippen molar-refractivity contribution >= 4 is 5.95 Å². The predicted octanol–water partition coefficient (Wildman–Crippen LogP) is 4.89. The molecule has 7 nitrogen and oxygen atoms in total. The zero-order valence-corrected chi connectivity index (χ0v) is 19.6. The molecule has 2 N–H and O–H groups in total. The van der Waals surface area contributed by atoms with Gasteiger partial charge in [-0.15, -0.1) is 0 Å². The van der Waals surface area contributed by atoms with Crippen molar-refractivity contribution < 1.29 is 14.0 Å². The van der Waals surface area contributed by atoms with Crippen LogP contribution >= 0.6 is 0 Å². The van der Waals surface area contributed by atoms with Gasteiger partial charge >= 0.3 is 0 Å². The van der Waals surface area contributed by atoms with Crippen LogP contribution in [0.15, 0.2) is 41.1 Å². The number of anilines is 1. The van der Waals surface area contributed by atoms with Gasteiger partial charge in [0.1, 0.15) is 11.5 Å². The summed E-state index contributed by atoms with van der Waals surface area (Å²) in [6.07, 6.45) is 7.69. The molecule has 0 amide bonds. The summed E-state index contributed by atoms with van der Waals surface area (Å²) < 4.78 is 19.4. The third-order valence-corrected chi connectivity index (χ3v) is 7.07. The van der Waals surface area contributed by atoms with Gasteiger partial charge in [-0.3, -0.25) is 4.90 Å². The number of nitrogens with zero attached hydrogens (tertiary/aromatic N) is 4. The number of halogens is 1. The molecule has 0 unspecified atom stereocenters. The summed E-state index contributed by atoms with van der Waals surface area (Å²) in [7, 11) is 0. The van der Waals surface area contributed by atoms with Gasteiger partial charge in [0.15, 0.2) is 5.76 Å². The van der Waals surface area contributed by atoms with E-state index in [1.165, 1.54) is 25.0 Å². The third-order valence-electron chi connectivity index (χ3n) is 7.07. The van der Waals surface area contributed by atoms with E-state index in [0.717, 1.165) is 61.5 Å². The Balaban J connectivity index is 1.46. The zero-order chi connectivity index (χ0) is 23.5. The Morgan fingerprint density at radius 3 is 2.53 bits per heavy atom. The lowest BCUT2D eigenvalue weighted by atomic mass is 9.87. The quantitative estimate of drug-likeness (QED) is 0.536. The number of hydrogen-bond acceptors (Lipinski definition) is 7. The van der Waals surface area contributed by atoms with E-state index in [2.05, 4.69) is 27.3 Å². The third kappa shape index (κ3) is 5.28. The van der Waals surface area contributed by atoms with Gasteiger partial charge in [0.2, 0.25) is 5.95 Å². The largest absolute Gasteiger partial charge is 0.393 e. The number of hydrogen-bond donors (Lipinski definition) is 2. The molecule has 1 aliphatic heterocycles. The van der Waals surface area contributed by atoms with Gasteiger partial charge in [0, 0.05) is 30.9 Å². The van der Waals surface area contributed by atoms with E-state index in [-0.39, 0.29) is 11.9 Å². The fraction of sp³-hybridized carbons (Fsp3) is 0.500. The molecule has 3 heterocycles. The zero-order valence-electron chi connectivity index (χ0n) is 19.6. The molecule has 0 atom stereocenters. The Morgan fingerprint density at radius 1 is 1.06 bits per heavy atom. The molecule has 180 valence electrons. The second-order valence-corrected chi connectivity index (χ2v) is 9.71. The van der Waals surface area contributed by atoms with Crippen molar-refractivity contribution in [3.05, 3.63) is 48.1 Å². The van der Waals surface area contributed by atoms with Gasteiger partial charge < -0.3 is 14.9 Å². The Morgan fingerprint density at radius 2 is 1.79 bits per heavy atom. The molecule has 1 aromatic carbocycles. The number of nitrogens with one attached hydrogen (secondary N) is 1. The average molecular weight is 466 g/mol. The van der Waals surface area contributed by atoms with Crippen LogP contribution in [0.25, 0.3) is 22.5 Å². The van der Waals surface area contributed by atoms with Gasteiger partial charge in [-0.1, -0.05) is 12.1 Å². The normalized spacial score (nSPS) is 22.1. The van der Waals surface area contributed by atoms with Crippen molar-refractivity contribution in [3.63, 3.8) is 0 Å². The molecule has 0 bridgehead atoms. The number of benzene rings is 1. The minimum Gasteiger partial charge on any atom is -0.393 e. The van der Waals surface area contributed by atoms with Gasteiger partial charge in [0.25, 0.3) is 0 Å². The van der Waals surface area contributed by atoms with Crippen LogP contribution in [0.3, 0.4) is 0 Å². The minimum atomic E-state index is -0.295. The molecule has 2 aromatic heterocycles. The topological polar surface area (TPSA) is 87.3 Å². The lowest BCUT2D eigenvalue weighted by molar-refractivity contribution is 0.0750. The molecule has 2 aliphatic rings. The monoisotopic (exact) mass is 465 g/mol. The molecule has 34 heavy (non-hydrogen) atoms. The summed E-state index contributed by atoms with van der Waals surface area (Å²) in [5.74, 6) is 1.80. The van der Waals surface area contributed by atoms with E-state index >= 15 is 0 Å². The molecule has 1 saturated carbocycles. The summed E-state index contributed by atoms with van der Waals surface area (Å²) in [5.41, 5.74) is 2.95. The first kappa shape index (κ1) is 22.9. The van der Waals surface area contributed by atoms with Crippen LogP contribution < -0.4 is 5.32 Å². The maximum absolute atomic E-state index is 13.6. The van der Waals surface area contributed by atoms with Crippen molar-refractivity contribution in [2.45, 2.75) is 64.1 Å². The Kier molecular flexibility index (Phi) is 6.87. The lowest BCUT2D eigenvalue weighted by Gasteiger charge is -2.28. The molecule has 1 aliphatic carbocycles. The number of piperidine rings is 1. The maximum Gasteiger partial charge on any atom is 0.223 e. The molecular formula is C26H32FN5O2. The molecular weight excluding hydrogens is 433 g/mol. The highest BCUT2D eigenvalue weighted by Gasteiger charge is 2.25. The highest BCUT2D eigenvalue weighted by atomic mass is 19.1. The summed E-state index contributed by atoms with van der Waals surface area (Å²) in [6.45, 7) is 4.47. The Hall–Kier alpha value is -2.84. The first-order chi connectivity index (χ1) is 16.5. The molecule has 0 radical (unpaired) electrons. The van der Waals surface area contributed by atoms with E-state index in [1.54, 1.807) is 18.3 Å². The average Bonchev–Trinajstić information content (AvgIpc) is 3.26. The predicted molar refractivity (Wildman–Crippen MR) is 128 cm³/mol. The van der Waals surface area contributed by atoms with Crippen LogP contribution in [-0.2, 0) is 6.54 Å². The standard InChI is InChI=1S/C26H32FN5O2/c1-17-2-8-20(9-3-17)29-26-28-13-10-22(30-26)24-23(16-32-14-11-21(33)12-15-32)34-31-25(24)18-4-6-19(27)7-5-18/h4-7,10,13,17,20-21,33H,2-3,8-9,11-12,14-16H2,1H3,(H,28,29,30). The molecule has 3 aromatic rings. The Bertz CT molecular complexity index is 1090. The van der Waals surface area contributed by atoms with Gasteiger partial charge in [-0.05, 0) is 74.8 Å². The van der Waals surface area contributed by atoms with Crippen LogP contribution in [0, 0.1) is 11.7 Å². The van der Waals surface area contributed by atoms with Crippen LogP contribution in [-0.4, -0.2) is 50.4 Å². The van der Waals surface area contributed by atoms with Crippen LogP contribution in [0.5, 0.6) is 0 Å². The van der Waals surface area contributed by atoms with Crippen LogP contribution in [0.1, 0.15) is 51.2 Å². The summed E-state index contributed by atoms with van der Waals surface area (Å²) in [4.78, 5) is 11.6. The fourth-order valence-corrected chi connectivity index (χ4v) is 4.94. The van der Waals surface area contributed by atoms with Gasteiger partial charge in [-0.2, -0.15) is 0 Å². The molecule has 8 heteroatoms. The number of likely N-dealkylation sites (tertiary alicyclic amines) is 1. The highest BCUT2D eigenvalue weighted by Crippen LogP contribution is 2.35. The summed E-state index contributed by atoms with van der Waals surface area (Å²) in [6, 6.07) is 8.52. The molecule has 1 saturated heterocycles. The van der Waals surface area contributed by atoms with Crippen molar-refractivity contribution in [1.82, 2.24) is 20.0 Å². The number of aliphatic hydroxyl groups is 1. The molecule has 5 rings (SSSR count). The number of aromatic nitrogens is 3. The first-order valence-electron chi connectivity index (χ1n) is 12.3. The van der Waals surface area contributed by atoms with Crippen molar-refractivity contribution in [1.29, 1.82) is 0 Å². The molecule has 2 fully saturated rings. The van der Waals surface area contributed by atoms with Crippen molar-refractivity contribution in [3.8, 4) is 22.5 Å². The number of aliphatic hydroxyl groups excluding tert-OH is 1. The summed E-state index contributed by atoms with van der Waals surface area (Å²) >= 11 is 0. The van der Waals surface area contributed by atoms with E-state index in [9.17, 15) is 9.50 Å². The SMILES string of the molecule is CC1CCC(Nc2nccc(-c3c(-c4ccc(F)cc4)noc3CN3CCC(O)CC3)n2)CC1. The van der Waals surface area contributed by atoms with Crippen molar-refractivity contribution in [2.75, 3.05) is 18.4 Å². The van der Waals surface area contributed by atoms with Gasteiger partial charge in [-0.25, -0.2) is 14.4 Å². The van der Waals surface area contributed by atoms with Gasteiger partial charge in [0.05, 0.1) is 23.9 Å². The maximum atomic E-state index is 13.6. The summed E-state index contributed by atoms with van der Waals surface area (Å²) in [5, 5.41) is 17.8. The van der Waals surface area contributed by atoms with E-state index in [1.807, 2.05) is 6.07 Å². The highest BCUT2D eigenvalue weighted by molar-refractivity contribution is 5.80. The second kappa shape index (κ2) is 10.2. The lowest BCUT2D eigenvalue weighted by Crippen LogP contribution is -2.35. The Labute approximate surface area is 199 Å². The van der Waals surface area contributed by atoms with Crippen molar-refractivity contribution in [2.24, 2.45) is 5.92 Å². The van der Waals surface area contributed by atoms with Crippen LogP contribution in [0.4, 0.5) is 10.3 Å². The first-order valence-corrected chi connectivity index (χ1v) is 12.3. The van der Waals surface area contributed by atoms with Crippen LogP contribution in [0.2, 0.25) is 0 Å². The van der Waals surface area contributed by atoms with E-state index in [4.69, 9.17) is 9.51 Å². The molecule has 0 spiro atoms. The van der Waals surface area contributed by atoms with E-state index < -0.39 is 0 Å².